The van der Waals surface area contributed by atoms with Crippen molar-refractivity contribution in [1.29, 1.82) is 0 Å². The van der Waals surface area contributed by atoms with Crippen molar-refractivity contribution >= 4 is 38.6 Å². The maximum absolute atomic E-state index is 12.8. The third-order valence-electron chi connectivity index (χ3n) is 5.90. The summed E-state index contributed by atoms with van der Waals surface area (Å²) in [5, 5.41) is 3.55. The van der Waals surface area contributed by atoms with Gasteiger partial charge in [-0.15, -0.1) is 0 Å². The van der Waals surface area contributed by atoms with Crippen molar-refractivity contribution < 1.29 is 22.7 Å². The van der Waals surface area contributed by atoms with E-state index in [1.165, 1.54) is 6.07 Å². The summed E-state index contributed by atoms with van der Waals surface area (Å²) in [5.74, 6) is -0.692. The molecule has 4 aromatic rings. The van der Waals surface area contributed by atoms with Gasteiger partial charge in [-0.05, 0) is 66.9 Å². The van der Waals surface area contributed by atoms with Gasteiger partial charge in [-0.3, -0.25) is 10.1 Å². The van der Waals surface area contributed by atoms with Crippen LogP contribution in [0.1, 0.15) is 41.3 Å². The minimum Gasteiger partial charge on any atom is -0.449 e. The van der Waals surface area contributed by atoms with Crippen LogP contribution in [0.3, 0.4) is 0 Å². The van der Waals surface area contributed by atoms with Gasteiger partial charge in [0, 0.05) is 34.9 Å². The van der Waals surface area contributed by atoms with Crippen LogP contribution < -0.4 is 10.0 Å². The third kappa shape index (κ3) is 6.37. The standard InChI is InChI=1S/C28H29N3O5S/c1-3-4-16-36-28(33)29-24-10-7-9-21(17-24)19-31-15-14-22-18-23(12-13-25(22)31)27(32)30-37(34,35)26-11-6-5-8-20(26)2/h5-15,17-18H,3-4,16,19H2,1-2H3,(H,29,33)(H,30,32). The Morgan fingerprint density at radius 1 is 0.973 bits per heavy atom. The highest BCUT2D eigenvalue weighted by atomic mass is 32.2. The fraction of sp³-hybridized carbons (Fsp3) is 0.214. The smallest absolute Gasteiger partial charge is 0.411 e. The average molecular weight is 520 g/mol. The molecule has 0 fully saturated rings. The SMILES string of the molecule is CCCCOC(=O)Nc1cccc(Cn2ccc3cc(C(=O)NS(=O)(=O)c4ccccc4C)ccc32)c1. The Kier molecular flexibility index (Phi) is 7.93. The van der Waals surface area contributed by atoms with Gasteiger partial charge in [-0.25, -0.2) is 17.9 Å². The molecule has 192 valence electrons. The molecule has 8 nitrogen and oxygen atoms in total. The quantitative estimate of drug-likeness (QED) is 0.285. The molecular formula is C28H29N3O5S. The molecule has 0 saturated heterocycles. The fourth-order valence-electron chi connectivity index (χ4n) is 3.98. The summed E-state index contributed by atoms with van der Waals surface area (Å²) >= 11 is 0. The lowest BCUT2D eigenvalue weighted by molar-refractivity contribution is 0.0981. The van der Waals surface area contributed by atoms with E-state index in [9.17, 15) is 18.0 Å². The summed E-state index contributed by atoms with van der Waals surface area (Å²) in [6.45, 7) is 4.63. The molecule has 0 unspecified atom stereocenters. The topological polar surface area (TPSA) is 106 Å². The summed E-state index contributed by atoms with van der Waals surface area (Å²) in [6.07, 6.45) is 3.19. The van der Waals surface area contributed by atoms with E-state index >= 15 is 0 Å². The highest BCUT2D eigenvalue weighted by Crippen LogP contribution is 2.21. The number of fused-ring (bicyclic) bond motifs is 1. The summed E-state index contributed by atoms with van der Waals surface area (Å²) in [6, 6.07) is 20.9. The molecule has 1 heterocycles. The number of nitrogens with zero attached hydrogens (tertiary/aromatic N) is 1. The number of ether oxygens (including phenoxy) is 1. The van der Waals surface area contributed by atoms with Crippen LogP contribution in [-0.4, -0.2) is 31.6 Å². The molecule has 0 saturated carbocycles. The van der Waals surface area contributed by atoms with Crippen LogP contribution in [0.25, 0.3) is 10.9 Å². The largest absolute Gasteiger partial charge is 0.449 e. The summed E-state index contributed by atoms with van der Waals surface area (Å²) in [5.41, 5.74) is 3.30. The second kappa shape index (κ2) is 11.3. The lowest BCUT2D eigenvalue weighted by Gasteiger charge is -2.11. The van der Waals surface area contributed by atoms with Crippen LogP contribution in [-0.2, 0) is 21.3 Å². The zero-order chi connectivity index (χ0) is 26.4. The third-order valence-corrected chi connectivity index (χ3v) is 7.39. The zero-order valence-electron chi connectivity index (χ0n) is 20.7. The van der Waals surface area contributed by atoms with Crippen molar-refractivity contribution in [3.63, 3.8) is 0 Å². The molecule has 0 bridgehead atoms. The number of carbonyl (C=O) groups excluding carboxylic acids is 2. The average Bonchev–Trinajstić information content (AvgIpc) is 3.26. The van der Waals surface area contributed by atoms with Gasteiger partial charge in [0.05, 0.1) is 11.5 Å². The first-order chi connectivity index (χ1) is 17.8. The van der Waals surface area contributed by atoms with Crippen molar-refractivity contribution in [2.45, 2.75) is 38.1 Å². The molecule has 9 heteroatoms. The van der Waals surface area contributed by atoms with Crippen molar-refractivity contribution in [3.8, 4) is 0 Å². The fourth-order valence-corrected chi connectivity index (χ4v) is 5.20. The van der Waals surface area contributed by atoms with E-state index in [-0.39, 0.29) is 10.5 Å². The summed E-state index contributed by atoms with van der Waals surface area (Å²) in [7, 11) is -3.99. The van der Waals surface area contributed by atoms with Gasteiger partial charge in [0.15, 0.2) is 0 Å². The first kappa shape index (κ1) is 26.0. The minimum atomic E-state index is -3.99. The Hall–Kier alpha value is -4.11. The van der Waals surface area contributed by atoms with Crippen molar-refractivity contribution in [2.24, 2.45) is 0 Å². The molecule has 4 rings (SSSR count). The number of hydrogen-bond donors (Lipinski definition) is 2. The number of rotatable bonds is 9. The van der Waals surface area contributed by atoms with Crippen LogP contribution >= 0.6 is 0 Å². The van der Waals surface area contributed by atoms with E-state index in [2.05, 4.69) is 10.0 Å². The molecule has 2 N–H and O–H groups in total. The first-order valence-electron chi connectivity index (χ1n) is 12.0. The van der Waals surface area contributed by atoms with Crippen molar-refractivity contribution in [2.75, 3.05) is 11.9 Å². The lowest BCUT2D eigenvalue weighted by Crippen LogP contribution is -2.31. The molecule has 0 atom stereocenters. The molecule has 2 amide bonds. The second-order valence-corrected chi connectivity index (χ2v) is 10.4. The van der Waals surface area contributed by atoms with Gasteiger partial charge < -0.3 is 9.30 Å². The van der Waals surface area contributed by atoms with Crippen molar-refractivity contribution in [3.05, 3.63) is 95.7 Å². The van der Waals surface area contributed by atoms with Gasteiger partial charge >= 0.3 is 6.09 Å². The van der Waals surface area contributed by atoms with E-state index in [0.717, 1.165) is 29.3 Å². The zero-order valence-corrected chi connectivity index (χ0v) is 21.5. The number of hydrogen-bond acceptors (Lipinski definition) is 5. The monoisotopic (exact) mass is 519 g/mol. The number of nitrogens with one attached hydrogen (secondary N) is 2. The molecule has 0 aliphatic rings. The molecule has 3 aromatic carbocycles. The maximum atomic E-state index is 12.8. The summed E-state index contributed by atoms with van der Waals surface area (Å²) < 4.78 is 34.7. The van der Waals surface area contributed by atoms with Crippen LogP contribution in [0.2, 0.25) is 0 Å². The Morgan fingerprint density at radius 2 is 1.78 bits per heavy atom. The number of aromatic nitrogens is 1. The number of carbonyl (C=O) groups is 2. The number of anilines is 1. The highest BCUT2D eigenvalue weighted by Gasteiger charge is 2.20. The Morgan fingerprint density at radius 3 is 2.57 bits per heavy atom. The number of amides is 2. The lowest BCUT2D eigenvalue weighted by atomic mass is 10.1. The summed E-state index contributed by atoms with van der Waals surface area (Å²) in [4.78, 5) is 24.8. The Balaban J connectivity index is 1.46. The van der Waals surface area contributed by atoms with Gasteiger partial charge in [0.25, 0.3) is 15.9 Å². The van der Waals surface area contributed by atoms with Crippen LogP contribution in [0, 0.1) is 6.92 Å². The number of aryl methyl sites for hydroxylation is 1. The molecule has 0 radical (unpaired) electrons. The number of sulfonamides is 1. The van der Waals surface area contributed by atoms with E-state index in [1.54, 1.807) is 49.4 Å². The van der Waals surface area contributed by atoms with Gasteiger partial charge in [0.2, 0.25) is 0 Å². The number of benzene rings is 3. The molecule has 37 heavy (non-hydrogen) atoms. The van der Waals surface area contributed by atoms with Gasteiger partial charge in [-0.1, -0.05) is 43.7 Å². The second-order valence-electron chi connectivity index (χ2n) is 8.73. The molecular weight excluding hydrogens is 490 g/mol. The van der Waals surface area contributed by atoms with Crippen LogP contribution in [0.4, 0.5) is 10.5 Å². The molecule has 0 spiro atoms. The van der Waals surface area contributed by atoms with E-state index in [0.29, 0.717) is 24.4 Å². The normalized spacial score (nSPS) is 11.3. The molecule has 0 aliphatic heterocycles. The van der Waals surface area contributed by atoms with Crippen LogP contribution in [0.15, 0.2) is 83.9 Å². The van der Waals surface area contributed by atoms with E-state index in [4.69, 9.17) is 4.74 Å². The number of unbranched alkanes of at least 4 members (excludes halogenated alkanes) is 1. The Labute approximate surface area is 216 Å². The van der Waals surface area contributed by atoms with Crippen LogP contribution in [0.5, 0.6) is 0 Å². The minimum absolute atomic E-state index is 0.0709. The Bertz CT molecular complexity index is 1540. The highest BCUT2D eigenvalue weighted by molar-refractivity contribution is 7.90. The van der Waals surface area contributed by atoms with Gasteiger partial charge in [-0.2, -0.15) is 0 Å². The predicted molar refractivity (Wildman–Crippen MR) is 143 cm³/mol. The van der Waals surface area contributed by atoms with E-state index in [1.807, 2.05) is 42.0 Å². The predicted octanol–water partition coefficient (Wildman–Crippen LogP) is 5.47. The van der Waals surface area contributed by atoms with Gasteiger partial charge in [0.1, 0.15) is 0 Å². The first-order valence-corrected chi connectivity index (χ1v) is 13.5. The van der Waals surface area contributed by atoms with Crippen molar-refractivity contribution in [1.82, 2.24) is 9.29 Å². The maximum Gasteiger partial charge on any atom is 0.411 e. The van der Waals surface area contributed by atoms with E-state index < -0.39 is 22.0 Å². The molecule has 1 aromatic heterocycles. The molecule has 0 aliphatic carbocycles.